The Kier molecular flexibility index (Phi) is 5.75. The maximum Gasteiger partial charge on any atom is 0.416 e. The second-order valence-corrected chi connectivity index (χ2v) is 5.86. The molecule has 11 heteroatoms. The summed E-state index contributed by atoms with van der Waals surface area (Å²) in [5.41, 5.74) is -0.267. The molecule has 0 radical (unpaired) electrons. The Hall–Kier alpha value is -2.46. The Balaban J connectivity index is 2.03. The lowest BCUT2D eigenvalue weighted by Crippen LogP contribution is -2.19. The van der Waals surface area contributed by atoms with Crippen LogP contribution in [0.2, 0.25) is 5.02 Å². The lowest BCUT2D eigenvalue weighted by Gasteiger charge is -2.12. The standard InChI is InChI=1S/C14H11ClF3N3O3S/c15-11-7-8(14(16,17)18)1-6-12(11)20-13(22)19-9-2-4-10(5-3-9)21-25(23)24/h1-7,25H,(H2,19,20,22)(H,21,23,24). The first-order chi connectivity index (χ1) is 11.6. The maximum atomic E-state index is 12.6. The number of benzene rings is 2. The van der Waals surface area contributed by atoms with E-state index in [0.29, 0.717) is 17.4 Å². The summed E-state index contributed by atoms with van der Waals surface area (Å²) in [6.45, 7) is 0. The van der Waals surface area contributed by atoms with E-state index in [9.17, 15) is 26.4 Å². The molecule has 2 aromatic rings. The molecule has 0 aliphatic carbocycles. The van der Waals surface area contributed by atoms with Gasteiger partial charge in [0.2, 0.25) is 10.9 Å². The number of rotatable bonds is 4. The van der Waals surface area contributed by atoms with E-state index < -0.39 is 28.7 Å². The summed E-state index contributed by atoms with van der Waals surface area (Å²) >= 11 is 5.74. The van der Waals surface area contributed by atoms with Crippen LogP contribution >= 0.6 is 11.6 Å². The minimum Gasteiger partial charge on any atom is -0.308 e. The van der Waals surface area contributed by atoms with Gasteiger partial charge in [0.1, 0.15) is 0 Å². The average Bonchev–Trinajstić information content (AvgIpc) is 2.49. The smallest absolute Gasteiger partial charge is 0.308 e. The lowest BCUT2D eigenvalue weighted by atomic mass is 10.2. The third-order valence-corrected chi connectivity index (χ3v) is 3.66. The van der Waals surface area contributed by atoms with E-state index in [1.54, 1.807) is 0 Å². The molecule has 0 aromatic heterocycles. The van der Waals surface area contributed by atoms with Gasteiger partial charge in [0.25, 0.3) is 0 Å². The summed E-state index contributed by atoms with van der Waals surface area (Å²) in [4.78, 5) is 11.9. The molecule has 0 saturated carbocycles. The highest BCUT2D eigenvalue weighted by atomic mass is 35.5. The highest BCUT2D eigenvalue weighted by molar-refractivity contribution is 7.73. The molecule has 0 saturated heterocycles. The summed E-state index contributed by atoms with van der Waals surface area (Å²) in [7, 11) is -2.80. The van der Waals surface area contributed by atoms with Crippen molar-refractivity contribution in [3.63, 3.8) is 0 Å². The summed E-state index contributed by atoms with van der Waals surface area (Å²) in [5.74, 6) is 0. The molecule has 134 valence electrons. The first kappa shape index (κ1) is 18.9. The van der Waals surface area contributed by atoms with Crippen molar-refractivity contribution in [1.82, 2.24) is 0 Å². The van der Waals surface area contributed by atoms with E-state index in [1.165, 1.54) is 24.3 Å². The molecular weight excluding hydrogens is 383 g/mol. The Morgan fingerprint density at radius 1 is 0.960 bits per heavy atom. The van der Waals surface area contributed by atoms with Crippen LogP contribution < -0.4 is 15.4 Å². The zero-order valence-corrected chi connectivity index (χ0v) is 13.9. The monoisotopic (exact) mass is 393 g/mol. The van der Waals surface area contributed by atoms with Crippen LogP contribution in [0.3, 0.4) is 0 Å². The number of carbonyl (C=O) groups excluding carboxylic acids is 1. The molecule has 3 N–H and O–H groups in total. The minimum absolute atomic E-state index is 0.00815. The molecule has 0 spiro atoms. The van der Waals surface area contributed by atoms with Crippen LogP contribution in [0.1, 0.15) is 5.56 Å². The molecule has 0 heterocycles. The molecule has 6 nitrogen and oxygen atoms in total. The Morgan fingerprint density at radius 2 is 1.56 bits per heavy atom. The van der Waals surface area contributed by atoms with E-state index in [0.717, 1.165) is 12.1 Å². The third kappa shape index (κ3) is 5.54. The predicted octanol–water partition coefficient (Wildman–Crippen LogP) is 3.94. The fourth-order valence-electron chi connectivity index (χ4n) is 1.81. The molecule has 0 aliphatic heterocycles. The van der Waals surface area contributed by atoms with Crippen LogP contribution in [0.15, 0.2) is 42.5 Å². The number of carbonyl (C=O) groups is 1. The number of amides is 2. The zero-order chi connectivity index (χ0) is 18.6. The second kappa shape index (κ2) is 7.62. The van der Waals surface area contributed by atoms with Crippen molar-refractivity contribution in [2.75, 3.05) is 15.4 Å². The largest absolute Gasteiger partial charge is 0.416 e. The van der Waals surface area contributed by atoms with Crippen molar-refractivity contribution >= 4 is 45.6 Å². The predicted molar refractivity (Wildman–Crippen MR) is 89.5 cm³/mol. The lowest BCUT2D eigenvalue weighted by molar-refractivity contribution is -0.137. The Bertz CT molecular complexity index is 847. The van der Waals surface area contributed by atoms with Crippen LogP contribution in [0.5, 0.6) is 0 Å². The van der Waals surface area contributed by atoms with Gasteiger partial charge in [-0.15, -0.1) is 0 Å². The summed E-state index contributed by atoms with van der Waals surface area (Å²) in [6.07, 6.45) is -4.53. The molecule has 25 heavy (non-hydrogen) atoms. The number of hydrogen-bond donors (Lipinski definition) is 4. The summed E-state index contributed by atoms with van der Waals surface area (Å²) in [5, 5.41) is 4.50. The van der Waals surface area contributed by atoms with Gasteiger partial charge in [-0.3, -0.25) is 4.72 Å². The molecular formula is C14H11ClF3N3O3S. The number of alkyl halides is 3. The van der Waals surface area contributed by atoms with Crippen molar-refractivity contribution in [1.29, 1.82) is 0 Å². The Morgan fingerprint density at radius 3 is 2.08 bits per heavy atom. The minimum atomic E-state index is -4.53. The fourth-order valence-corrected chi connectivity index (χ4v) is 2.40. The molecule has 0 aliphatic rings. The van der Waals surface area contributed by atoms with Gasteiger partial charge in [0.15, 0.2) is 0 Å². The van der Waals surface area contributed by atoms with Gasteiger partial charge < -0.3 is 10.6 Å². The number of halogens is 4. The molecule has 2 aromatic carbocycles. The van der Waals surface area contributed by atoms with E-state index in [1.807, 2.05) is 0 Å². The van der Waals surface area contributed by atoms with Gasteiger partial charge >= 0.3 is 12.2 Å². The van der Waals surface area contributed by atoms with E-state index >= 15 is 0 Å². The molecule has 0 unspecified atom stereocenters. The first-order valence-electron chi connectivity index (χ1n) is 6.61. The van der Waals surface area contributed by atoms with Crippen LogP contribution in [0.4, 0.5) is 35.0 Å². The highest BCUT2D eigenvalue weighted by Crippen LogP contribution is 2.33. The van der Waals surface area contributed by atoms with Gasteiger partial charge in [-0.05, 0) is 42.5 Å². The van der Waals surface area contributed by atoms with Gasteiger partial charge in [-0.1, -0.05) is 11.6 Å². The van der Waals surface area contributed by atoms with Gasteiger partial charge in [0.05, 0.1) is 16.3 Å². The number of urea groups is 1. The SMILES string of the molecule is O=C(Nc1ccc(N[SH](=O)=O)cc1)Nc1ccc(C(F)(F)F)cc1Cl. The highest BCUT2D eigenvalue weighted by Gasteiger charge is 2.30. The summed E-state index contributed by atoms with van der Waals surface area (Å²) in [6, 6.07) is 7.55. The van der Waals surface area contributed by atoms with Crippen LogP contribution in [-0.4, -0.2) is 14.4 Å². The molecule has 2 amide bonds. The third-order valence-electron chi connectivity index (χ3n) is 2.91. The maximum absolute atomic E-state index is 12.6. The first-order valence-corrected chi connectivity index (χ1v) is 8.16. The van der Waals surface area contributed by atoms with E-state index in [2.05, 4.69) is 15.4 Å². The van der Waals surface area contributed by atoms with Gasteiger partial charge in [-0.25, -0.2) is 13.2 Å². The van der Waals surface area contributed by atoms with Crippen LogP contribution in [0, 0.1) is 0 Å². The number of nitrogens with one attached hydrogen (secondary N) is 3. The van der Waals surface area contributed by atoms with Gasteiger partial charge in [-0.2, -0.15) is 13.2 Å². The number of anilines is 3. The average molecular weight is 394 g/mol. The Labute approximate surface area is 147 Å². The van der Waals surface area contributed by atoms with E-state index in [-0.39, 0.29) is 10.7 Å². The topological polar surface area (TPSA) is 87.3 Å². The van der Waals surface area contributed by atoms with Crippen molar-refractivity contribution < 1.29 is 26.4 Å². The zero-order valence-electron chi connectivity index (χ0n) is 12.2. The van der Waals surface area contributed by atoms with Crippen molar-refractivity contribution in [3.8, 4) is 0 Å². The molecule has 2 rings (SSSR count). The van der Waals surface area contributed by atoms with Crippen LogP contribution in [-0.2, 0) is 17.1 Å². The molecule has 0 bridgehead atoms. The quantitative estimate of drug-likeness (QED) is 0.593. The van der Waals surface area contributed by atoms with E-state index in [4.69, 9.17) is 11.6 Å². The van der Waals surface area contributed by atoms with Crippen molar-refractivity contribution in [2.24, 2.45) is 0 Å². The fraction of sp³-hybridized carbons (Fsp3) is 0.0714. The molecule has 0 fully saturated rings. The van der Waals surface area contributed by atoms with Crippen molar-refractivity contribution in [3.05, 3.63) is 53.1 Å². The summed E-state index contributed by atoms with van der Waals surface area (Å²) < 4.78 is 60.9. The number of hydrogen-bond acceptors (Lipinski definition) is 3. The van der Waals surface area contributed by atoms with Crippen LogP contribution in [0.25, 0.3) is 0 Å². The normalized spacial score (nSPS) is 11.2. The van der Waals surface area contributed by atoms with Gasteiger partial charge in [0, 0.05) is 11.4 Å². The second-order valence-electron chi connectivity index (χ2n) is 4.72. The molecule has 0 atom stereocenters. The van der Waals surface area contributed by atoms with Crippen molar-refractivity contribution in [2.45, 2.75) is 6.18 Å². The number of thiol groups is 1.